The number of aromatic nitrogens is 2. The number of para-hydroxylation sites is 1. The van der Waals surface area contributed by atoms with Crippen molar-refractivity contribution < 1.29 is 4.74 Å². The third-order valence-electron chi connectivity index (χ3n) is 3.30. The van der Waals surface area contributed by atoms with Crippen molar-refractivity contribution in [1.82, 2.24) is 9.55 Å². The molecule has 3 nitrogen and oxygen atoms in total. The summed E-state index contributed by atoms with van der Waals surface area (Å²) < 4.78 is 7.50. The van der Waals surface area contributed by atoms with Crippen molar-refractivity contribution >= 4 is 34.2 Å². The van der Waals surface area contributed by atoms with E-state index in [1.807, 2.05) is 18.2 Å². The van der Waals surface area contributed by atoms with E-state index in [9.17, 15) is 0 Å². The van der Waals surface area contributed by atoms with E-state index in [0.717, 1.165) is 16.9 Å². The number of hydrogen-bond donors (Lipinski definition) is 0. The molecule has 2 aromatic rings. The molecule has 1 atom stereocenters. The number of ether oxygens (including phenoxy) is 1. The molecular weight excluding hydrogens is 283 g/mol. The summed E-state index contributed by atoms with van der Waals surface area (Å²) in [6, 6.07) is 6.00. The minimum atomic E-state index is 0.196. The van der Waals surface area contributed by atoms with Gasteiger partial charge in [0.2, 0.25) is 0 Å². The predicted octanol–water partition coefficient (Wildman–Crippen LogP) is 4.27. The summed E-state index contributed by atoms with van der Waals surface area (Å²) in [4.78, 5) is 4.56. The second-order valence-corrected chi connectivity index (χ2v) is 5.58. The summed E-state index contributed by atoms with van der Waals surface area (Å²) in [6.45, 7) is 4.95. The molecule has 0 spiro atoms. The van der Waals surface area contributed by atoms with Crippen LogP contribution in [0.4, 0.5) is 0 Å². The van der Waals surface area contributed by atoms with Gasteiger partial charge in [0.25, 0.3) is 0 Å². The van der Waals surface area contributed by atoms with Crippen LogP contribution in [0.2, 0.25) is 5.02 Å². The topological polar surface area (TPSA) is 27.1 Å². The first-order chi connectivity index (χ1) is 9.10. The number of rotatable bonds is 5. The highest BCUT2D eigenvalue weighted by atomic mass is 35.5. The Balaban J connectivity index is 2.65. The lowest BCUT2D eigenvalue weighted by Crippen LogP contribution is -2.21. The molecular formula is C14H18Cl2N2O. The number of nitrogens with zero attached hydrogens (tertiary/aromatic N) is 2. The van der Waals surface area contributed by atoms with Crippen LogP contribution < -0.4 is 0 Å². The molecule has 0 saturated heterocycles. The van der Waals surface area contributed by atoms with Gasteiger partial charge >= 0.3 is 0 Å². The average Bonchev–Trinajstić information content (AvgIpc) is 2.75. The van der Waals surface area contributed by atoms with Gasteiger partial charge in [0, 0.05) is 7.11 Å². The van der Waals surface area contributed by atoms with Gasteiger partial charge in [-0.1, -0.05) is 31.5 Å². The SMILES string of the molecule is COCC(C(C)C)n1c(CCl)nc2c(Cl)cccc21. The van der Waals surface area contributed by atoms with Crippen LogP contribution in [-0.4, -0.2) is 23.3 Å². The number of benzene rings is 1. The van der Waals surface area contributed by atoms with Crippen LogP contribution in [0, 0.1) is 5.92 Å². The maximum Gasteiger partial charge on any atom is 0.125 e. The normalized spacial score (nSPS) is 13.4. The molecule has 1 unspecified atom stereocenters. The highest BCUT2D eigenvalue weighted by molar-refractivity contribution is 6.35. The van der Waals surface area contributed by atoms with Gasteiger partial charge in [-0.25, -0.2) is 4.98 Å². The number of imidazole rings is 1. The summed E-state index contributed by atoms with van der Waals surface area (Å²) in [5, 5.41) is 0.655. The molecule has 1 aromatic carbocycles. The van der Waals surface area contributed by atoms with E-state index in [4.69, 9.17) is 27.9 Å². The van der Waals surface area contributed by atoms with Crippen LogP contribution in [-0.2, 0) is 10.6 Å². The van der Waals surface area contributed by atoms with Gasteiger partial charge in [-0.05, 0) is 18.1 Å². The number of halogens is 2. The number of methoxy groups -OCH3 is 1. The van der Waals surface area contributed by atoms with Crippen LogP contribution in [0.1, 0.15) is 25.7 Å². The third-order valence-corrected chi connectivity index (χ3v) is 3.85. The smallest absolute Gasteiger partial charge is 0.125 e. The summed E-state index contributed by atoms with van der Waals surface area (Å²) in [7, 11) is 1.71. The molecule has 0 radical (unpaired) electrons. The average molecular weight is 301 g/mol. The Morgan fingerprint density at radius 3 is 2.68 bits per heavy atom. The summed E-state index contributed by atoms with van der Waals surface area (Å²) in [5.74, 6) is 1.61. The van der Waals surface area contributed by atoms with E-state index < -0.39 is 0 Å². The zero-order chi connectivity index (χ0) is 14.0. The van der Waals surface area contributed by atoms with Crippen LogP contribution in [0.25, 0.3) is 11.0 Å². The van der Waals surface area contributed by atoms with Gasteiger partial charge in [0.15, 0.2) is 0 Å². The van der Waals surface area contributed by atoms with Crippen molar-refractivity contribution in [3.63, 3.8) is 0 Å². The van der Waals surface area contributed by atoms with Gasteiger partial charge < -0.3 is 9.30 Å². The Morgan fingerprint density at radius 1 is 1.37 bits per heavy atom. The zero-order valence-corrected chi connectivity index (χ0v) is 12.9. The fourth-order valence-electron chi connectivity index (χ4n) is 2.33. The third kappa shape index (κ3) is 2.73. The molecule has 0 aliphatic rings. The van der Waals surface area contributed by atoms with Crippen molar-refractivity contribution in [2.75, 3.05) is 13.7 Å². The Hall–Kier alpha value is -0.770. The lowest BCUT2D eigenvalue weighted by atomic mass is 10.0. The predicted molar refractivity (Wildman–Crippen MR) is 80.1 cm³/mol. The Kier molecular flexibility index (Phi) is 4.71. The van der Waals surface area contributed by atoms with E-state index in [1.165, 1.54) is 0 Å². The number of fused-ring (bicyclic) bond motifs is 1. The molecule has 0 bridgehead atoms. The van der Waals surface area contributed by atoms with E-state index in [2.05, 4.69) is 23.4 Å². The van der Waals surface area contributed by atoms with E-state index in [-0.39, 0.29) is 6.04 Å². The fraction of sp³-hybridized carbons (Fsp3) is 0.500. The van der Waals surface area contributed by atoms with E-state index in [0.29, 0.717) is 23.4 Å². The van der Waals surface area contributed by atoms with Gasteiger partial charge in [0.1, 0.15) is 11.3 Å². The van der Waals surface area contributed by atoms with Crippen molar-refractivity contribution in [3.8, 4) is 0 Å². The zero-order valence-electron chi connectivity index (χ0n) is 11.4. The molecule has 0 amide bonds. The largest absolute Gasteiger partial charge is 0.383 e. The molecule has 0 aliphatic heterocycles. The lowest BCUT2D eigenvalue weighted by Gasteiger charge is -2.24. The minimum absolute atomic E-state index is 0.196. The number of hydrogen-bond acceptors (Lipinski definition) is 2. The Morgan fingerprint density at radius 2 is 2.11 bits per heavy atom. The molecule has 2 rings (SSSR count). The minimum Gasteiger partial charge on any atom is -0.383 e. The quantitative estimate of drug-likeness (QED) is 0.771. The molecule has 1 heterocycles. The van der Waals surface area contributed by atoms with Gasteiger partial charge in [-0.3, -0.25) is 0 Å². The summed E-state index contributed by atoms with van der Waals surface area (Å²) >= 11 is 12.2. The molecule has 0 saturated carbocycles. The Bertz CT molecular complexity index is 566. The molecule has 0 aliphatic carbocycles. The monoisotopic (exact) mass is 300 g/mol. The first-order valence-corrected chi connectivity index (χ1v) is 7.21. The molecule has 5 heteroatoms. The van der Waals surface area contributed by atoms with Crippen LogP contribution >= 0.6 is 23.2 Å². The van der Waals surface area contributed by atoms with Crippen molar-refractivity contribution in [3.05, 3.63) is 29.0 Å². The maximum absolute atomic E-state index is 6.21. The summed E-state index contributed by atoms with van der Waals surface area (Å²) in [5.41, 5.74) is 1.82. The molecule has 104 valence electrons. The standard InChI is InChI=1S/C14H18Cl2N2O/c1-9(2)12(8-19-3)18-11-6-4-5-10(16)14(11)17-13(18)7-15/h4-6,9,12H,7-8H2,1-3H3. The van der Waals surface area contributed by atoms with Crippen molar-refractivity contribution in [2.45, 2.75) is 25.8 Å². The molecule has 1 aromatic heterocycles. The van der Waals surface area contributed by atoms with E-state index in [1.54, 1.807) is 7.11 Å². The van der Waals surface area contributed by atoms with Crippen molar-refractivity contribution in [1.29, 1.82) is 0 Å². The van der Waals surface area contributed by atoms with Crippen molar-refractivity contribution in [2.24, 2.45) is 5.92 Å². The maximum atomic E-state index is 6.21. The Labute approximate surface area is 123 Å². The lowest BCUT2D eigenvalue weighted by molar-refractivity contribution is 0.134. The molecule has 0 N–H and O–H groups in total. The second kappa shape index (κ2) is 6.12. The second-order valence-electron chi connectivity index (χ2n) is 4.91. The fourth-order valence-corrected chi connectivity index (χ4v) is 2.73. The first-order valence-electron chi connectivity index (χ1n) is 6.30. The van der Waals surface area contributed by atoms with Crippen LogP contribution in [0.5, 0.6) is 0 Å². The first kappa shape index (κ1) is 14.6. The van der Waals surface area contributed by atoms with Crippen LogP contribution in [0.15, 0.2) is 18.2 Å². The van der Waals surface area contributed by atoms with Gasteiger partial charge in [-0.15, -0.1) is 11.6 Å². The molecule has 19 heavy (non-hydrogen) atoms. The highest BCUT2D eigenvalue weighted by Gasteiger charge is 2.22. The van der Waals surface area contributed by atoms with E-state index >= 15 is 0 Å². The van der Waals surface area contributed by atoms with Crippen LogP contribution in [0.3, 0.4) is 0 Å². The highest BCUT2D eigenvalue weighted by Crippen LogP contribution is 2.30. The number of alkyl halides is 1. The van der Waals surface area contributed by atoms with Gasteiger partial charge in [-0.2, -0.15) is 0 Å². The molecule has 0 fully saturated rings. The summed E-state index contributed by atoms with van der Waals surface area (Å²) in [6.07, 6.45) is 0. The van der Waals surface area contributed by atoms with Gasteiger partial charge in [0.05, 0.1) is 29.1 Å².